The number of nitrogens with two attached hydrogens (primary N) is 2. The van der Waals surface area contributed by atoms with Gasteiger partial charge in [-0.1, -0.05) is 18.2 Å². The fourth-order valence-corrected chi connectivity index (χ4v) is 3.12. The Morgan fingerprint density at radius 1 is 0.957 bits per heavy atom. The zero-order valence-corrected chi connectivity index (χ0v) is 13.0. The molecule has 5 heteroatoms. The summed E-state index contributed by atoms with van der Waals surface area (Å²) in [5.41, 5.74) is 18.7. The molecule has 0 unspecified atom stereocenters. The number of aromatic nitrogens is 3. The molecule has 0 amide bonds. The van der Waals surface area contributed by atoms with Crippen LogP contribution in [0.5, 0.6) is 0 Å². The highest BCUT2D eigenvalue weighted by molar-refractivity contribution is 5.88. The van der Waals surface area contributed by atoms with E-state index in [1.807, 2.05) is 22.6 Å². The zero-order valence-electron chi connectivity index (χ0n) is 13.0. The van der Waals surface area contributed by atoms with Gasteiger partial charge in [-0.25, -0.2) is 9.97 Å². The van der Waals surface area contributed by atoms with Gasteiger partial charge in [0, 0.05) is 11.3 Å². The molecule has 2 aromatic heterocycles. The number of hydrogen-bond donors (Lipinski definition) is 2. The third kappa shape index (κ3) is 1.93. The van der Waals surface area contributed by atoms with Crippen LogP contribution in [0.2, 0.25) is 0 Å². The van der Waals surface area contributed by atoms with Gasteiger partial charge in [-0.05, 0) is 43.2 Å². The lowest BCUT2D eigenvalue weighted by Gasteiger charge is -2.12. The molecule has 2 heterocycles. The van der Waals surface area contributed by atoms with Crippen LogP contribution in [0.25, 0.3) is 27.9 Å². The Balaban J connectivity index is 2.21. The Bertz CT molecular complexity index is 1040. The molecule has 114 valence electrons. The molecule has 2 aromatic carbocycles. The minimum absolute atomic E-state index is 0.465. The van der Waals surface area contributed by atoms with Crippen molar-refractivity contribution in [2.24, 2.45) is 0 Å². The van der Waals surface area contributed by atoms with Crippen molar-refractivity contribution in [3.63, 3.8) is 0 Å². The summed E-state index contributed by atoms with van der Waals surface area (Å²) >= 11 is 0. The smallest absolute Gasteiger partial charge is 0.150 e. The summed E-state index contributed by atoms with van der Waals surface area (Å²) in [5.74, 6) is 1.33. The number of aryl methyl sites for hydroxylation is 2. The molecule has 0 bridgehead atoms. The molecule has 0 aliphatic carbocycles. The first-order valence-electron chi connectivity index (χ1n) is 7.45. The van der Waals surface area contributed by atoms with E-state index in [1.54, 1.807) is 6.20 Å². The van der Waals surface area contributed by atoms with Crippen molar-refractivity contribution in [1.82, 2.24) is 14.4 Å². The second kappa shape index (κ2) is 4.71. The Morgan fingerprint density at radius 3 is 2.43 bits per heavy atom. The van der Waals surface area contributed by atoms with Crippen molar-refractivity contribution in [2.45, 2.75) is 13.8 Å². The molecule has 4 rings (SSSR count). The van der Waals surface area contributed by atoms with Gasteiger partial charge < -0.3 is 11.5 Å². The maximum atomic E-state index is 6.12. The van der Waals surface area contributed by atoms with E-state index >= 15 is 0 Å². The number of nitrogens with zero attached hydrogens (tertiary/aromatic N) is 3. The molecule has 4 aromatic rings. The lowest BCUT2D eigenvalue weighted by molar-refractivity contribution is 1.18. The van der Waals surface area contributed by atoms with Crippen LogP contribution in [-0.2, 0) is 0 Å². The van der Waals surface area contributed by atoms with E-state index in [2.05, 4.69) is 42.0 Å². The fraction of sp³-hybridized carbons (Fsp3) is 0.111. The van der Waals surface area contributed by atoms with Crippen LogP contribution in [-0.4, -0.2) is 14.4 Å². The van der Waals surface area contributed by atoms with Crippen molar-refractivity contribution in [1.29, 1.82) is 0 Å². The maximum absolute atomic E-state index is 6.12. The molecule has 0 saturated carbocycles. The maximum Gasteiger partial charge on any atom is 0.150 e. The Kier molecular flexibility index (Phi) is 2.78. The second-order valence-corrected chi connectivity index (χ2v) is 5.81. The number of nitrogen functional groups attached to an aromatic ring is 2. The standard InChI is InChI=1S/C18H17N5/c1-10-4-3-5-11(2)16(10)18-21-9-15-17(20)22-13-7-6-12(19)8-14(13)23(15)18/h3-9H,19H2,1-2H3,(H2,20,22). The first kappa shape index (κ1) is 13.6. The van der Waals surface area contributed by atoms with Crippen LogP contribution in [0.4, 0.5) is 11.5 Å². The number of anilines is 2. The van der Waals surface area contributed by atoms with Crippen molar-refractivity contribution in [3.8, 4) is 11.4 Å². The van der Waals surface area contributed by atoms with E-state index in [9.17, 15) is 0 Å². The van der Waals surface area contributed by atoms with Crippen molar-refractivity contribution >= 4 is 28.1 Å². The molecular weight excluding hydrogens is 286 g/mol. The summed E-state index contributed by atoms with van der Waals surface area (Å²) in [5, 5.41) is 0. The lowest BCUT2D eigenvalue weighted by atomic mass is 10.0. The molecule has 5 nitrogen and oxygen atoms in total. The van der Waals surface area contributed by atoms with Gasteiger partial charge in [0.1, 0.15) is 17.2 Å². The van der Waals surface area contributed by atoms with E-state index in [4.69, 9.17) is 11.5 Å². The van der Waals surface area contributed by atoms with Gasteiger partial charge in [0.05, 0.1) is 17.2 Å². The Labute approximate surface area is 133 Å². The molecule has 23 heavy (non-hydrogen) atoms. The molecule has 0 atom stereocenters. The van der Waals surface area contributed by atoms with E-state index in [-0.39, 0.29) is 0 Å². The predicted molar refractivity (Wildman–Crippen MR) is 94.2 cm³/mol. The quantitative estimate of drug-likeness (QED) is 0.528. The number of benzene rings is 2. The van der Waals surface area contributed by atoms with Crippen LogP contribution in [0.15, 0.2) is 42.6 Å². The average Bonchev–Trinajstić information content (AvgIpc) is 2.94. The largest absolute Gasteiger partial charge is 0.399 e. The second-order valence-electron chi connectivity index (χ2n) is 5.81. The summed E-state index contributed by atoms with van der Waals surface area (Å²) in [4.78, 5) is 9.09. The van der Waals surface area contributed by atoms with Crippen LogP contribution >= 0.6 is 0 Å². The molecule has 0 spiro atoms. The van der Waals surface area contributed by atoms with Crippen LogP contribution in [0.1, 0.15) is 11.1 Å². The first-order valence-corrected chi connectivity index (χ1v) is 7.45. The SMILES string of the molecule is Cc1cccc(C)c1-c1ncc2c(N)nc3ccc(N)cc3n12. The predicted octanol–water partition coefficient (Wildman–Crippen LogP) is 3.33. The molecule has 0 radical (unpaired) electrons. The van der Waals surface area contributed by atoms with E-state index in [1.165, 1.54) is 11.1 Å². The van der Waals surface area contributed by atoms with E-state index in [0.29, 0.717) is 11.5 Å². The number of hydrogen-bond acceptors (Lipinski definition) is 4. The third-order valence-corrected chi connectivity index (χ3v) is 4.21. The van der Waals surface area contributed by atoms with Gasteiger partial charge in [0.15, 0.2) is 0 Å². The van der Waals surface area contributed by atoms with Crippen molar-refractivity contribution in [2.75, 3.05) is 11.5 Å². The topological polar surface area (TPSA) is 82.2 Å². The minimum Gasteiger partial charge on any atom is -0.399 e. The summed E-state index contributed by atoms with van der Waals surface area (Å²) in [7, 11) is 0. The summed E-state index contributed by atoms with van der Waals surface area (Å²) in [6, 6.07) is 11.9. The average molecular weight is 303 g/mol. The van der Waals surface area contributed by atoms with E-state index in [0.717, 1.165) is 27.9 Å². The molecular formula is C18H17N5. The van der Waals surface area contributed by atoms with Crippen molar-refractivity contribution < 1.29 is 0 Å². The first-order chi connectivity index (χ1) is 11.1. The summed E-state index contributed by atoms with van der Waals surface area (Å²) in [6.45, 7) is 4.18. The highest BCUT2D eigenvalue weighted by Gasteiger charge is 2.16. The molecule has 0 aliphatic heterocycles. The Morgan fingerprint density at radius 2 is 1.70 bits per heavy atom. The van der Waals surface area contributed by atoms with Gasteiger partial charge >= 0.3 is 0 Å². The molecule has 0 saturated heterocycles. The highest BCUT2D eigenvalue weighted by atomic mass is 15.1. The third-order valence-electron chi connectivity index (χ3n) is 4.21. The zero-order chi connectivity index (χ0) is 16.1. The fourth-order valence-electron chi connectivity index (χ4n) is 3.12. The lowest BCUT2D eigenvalue weighted by Crippen LogP contribution is -2.01. The van der Waals surface area contributed by atoms with Crippen LogP contribution < -0.4 is 11.5 Å². The number of rotatable bonds is 1. The van der Waals surface area contributed by atoms with Gasteiger partial charge in [-0.2, -0.15) is 0 Å². The van der Waals surface area contributed by atoms with Gasteiger partial charge in [0.25, 0.3) is 0 Å². The monoisotopic (exact) mass is 303 g/mol. The summed E-state index contributed by atoms with van der Waals surface area (Å²) < 4.78 is 2.04. The molecule has 4 N–H and O–H groups in total. The number of fused-ring (bicyclic) bond motifs is 3. The van der Waals surface area contributed by atoms with Gasteiger partial charge in [-0.3, -0.25) is 4.40 Å². The highest BCUT2D eigenvalue weighted by Crippen LogP contribution is 2.31. The minimum atomic E-state index is 0.465. The van der Waals surface area contributed by atoms with Crippen LogP contribution in [0, 0.1) is 13.8 Å². The number of imidazole rings is 1. The molecule has 0 fully saturated rings. The Hall–Kier alpha value is -3.08. The van der Waals surface area contributed by atoms with Crippen molar-refractivity contribution in [3.05, 3.63) is 53.7 Å². The van der Waals surface area contributed by atoms with Crippen LogP contribution in [0.3, 0.4) is 0 Å². The molecule has 0 aliphatic rings. The van der Waals surface area contributed by atoms with Gasteiger partial charge in [0.2, 0.25) is 0 Å². The normalized spacial score (nSPS) is 11.4. The van der Waals surface area contributed by atoms with Gasteiger partial charge in [-0.15, -0.1) is 0 Å². The summed E-state index contributed by atoms with van der Waals surface area (Å²) in [6.07, 6.45) is 1.77. The van der Waals surface area contributed by atoms with E-state index < -0.39 is 0 Å².